The van der Waals surface area contributed by atoms with E-state index in [1.807, 2.05) is 51.1 Å². The normalized spacial score (nSPS) is 19.0. The summed E-state index contributed by atoms with van der Waals surface area (Å²) in [4.78, 5) is 41.5. The molecule has 0 aromatic heterocycles. The molecular weight excluding hydrogens is 350 g/mol. The quantitative estimate of drug-likeness (QED) is 0.443. The van der Waals surface area contributed by atoms with Gasteiger partial charge < -0.3 is 9.47 Å². The van der Waals surface area contributed by atoms with Crippen LogP contribution in [-0.4, -0.2) is 48.2 Å². The highest BCUT2D eigenvalue weighted by Gasteiger charge is 2.43. The molecule has 0 N–H and O–H groups in total. The monoisotopic (exact) mass is 373 g/mol. The maximum atomic E-state index is 12.2. The van der Waals surface area contributed by atoms with Crippen molar-refractivity contribution in [2.24, 2.45) is 0 Å². The minimum Gasteiger partial charge on any atom is -0.468 e. The number of carbonyl (C=O) groups is 2. The zero-order valence-electron chi connectivity index (χ0n) is 15.9. The number of methoxy groups -OCH3 is 1. The topological polar surface area (TPSA) is 82.1 Å². The molecule has 0 spiro atoms. The SMILES string of the molecule is COC(=O)C1C(=C=O)C(=CC(=O)OCc2ccccc2)CN1OC(C)(C)C. The molecule has 1 saturated heterocycles. The Morgan fingerprint density at radius 1 is 1.26 bits per heavy atom. The lowest BCUT2D eigenvalue weighted by atomic mass is 10.1. The van der Waals surface area contributed by atoms with E-state index in [4.69, 9.17) is 14.3 Å². The standard InChI is InChI=1S/C20H23NO6/c1-20(2,3)27-21-11-15(16(12-22)18(21)19(24)25-4)10-17(23)26-13-14-8-6-5-7-9-14/h5-10,18H,11,13H2,1-4H3. The molecule has 1 fully saturated rings. The van der Waals surface area contributed by atoms with Crippen molar-refractivity contribution >= 4 is 17.9 Å². The van der Waals surface area contributed by atoms with Crippen LogP contribution in [0, 0.1) is 0 Å². The fourth-order valence-corrected chi connectivity index (χ4v) is 2.61. The predicted molar refractivity (Wildman–Crippen MR) is 96.9 cm³/mol. The van der Waals surface area contributed by atoms with Crippen molar-refractivity contribution in [1.29, 1.82) is 0 Å². The minimum atomic E-state index is -1.08. The third kappa shape index (κ3) is 5.62. The van der Waals surface area contributed by atoms with Gasteiger partial charge in [-0.05, 0) is 31.9 Å². The average Bonchev–Trinajstić information content (AvgIpc) is 2.95. The Morgan fingerprint density at radius 3 is 2.48 bits per heavy atom. The molecule has 0 bridgehead atoms. The molecule has 1 aliphatic rings. The first-order valence-corrected chi connectivity index (χ1v) is 8.45. The van der Waals surface area contributed by atoms with Crippen LogP contribution in [0.25, 0.3) is 0 Å². The van der Waals surface area contributed by atoms with E-state index >= 15 is 0 Å². The van der Waals surface area contributed by atoms with E-state index in [1.165, 1.54) is 18.2 Å². The molecule has 7 nitrogen and oxygen atoms in total. The van der Waals surface area contributed by atoms with Gasteiger partial charge in [-0.2, -0.15) is 5.06 Å². The highest BCUT2D eigenvalue weighted by atomic mass is 16.7. The van der Waals surface area contributed by atoms with Gasteiger partial charge in [0, 0.05) is 6.08 Å². The molecule has 1 atom stereocenters. The van der Waals surface area contributed by atoms with Crippen molar-refractivity contribution < 1.29 is 28.7 Å². The van der Waals surface area contributed by atoms with Crippen LogP contribution in [0.3, 0.4) is 0 Å². The lowest BCUT2D eigenvalue weighted by Gasteiger charge is -2.29. The molecule has 1 heterocycles. The van der Waals surface area contributed by atoms with Gasteiger partial charge >= 0.3 is 11.9 Å². The van der Waals surface area contributed by atoms with Crippen molar-refractivity contribution in [3.63, 3.8) is 0 Å². The van der Waals surface area contributed by atoms with Gasteiger partial charge in [0.2, 0.25) is 0 Å². The predicted octanol–water partition coefficient (Wildman–Crippen LogP) is 2.00. The molecule has 0 saturated carbocycles. The first kappa shape index (κ1) is 20.6. The highest BCUT2D eigenvalue weighted by molar-refractivity contribution is 5.91. The number of hydrogen-bond donors (Lipinski definition) is 0. The van der Waals surface area contributed by atoms with E-state index in [0.717, 1.165) is 5.56 Å². The summed E-state index contributed by atoms with van der Waals surface area (Å²) in [6.45, 7) is 5.58. The van der Waals surface area contributed by atoms with Crippen molar-refractivity contribution in [2.75, 3.05) is 13.7 Å². The Balaban J connectivity index is 2.19. The van der Waals surface area contributed by atoms with Crippen molar-refractivity contribution in [3.05, 3.63) is 53.1 Å². The smallest absolute Gasteiger partial charge is 0.331 e. The fraction of sp³-hybridized carbons (Fsp3) is 0.400. The first-order valence-electron chi connectivity index (χ1n) is 8.45. The third-order valence-electron chi connectivity index (χ3n) is 3.68. The van der Waals surface area contributed by atoms with E-state index in [9.17, 15) is 14.4 Å². The summed E-state index contributed by atoms with van der Waals surface area (Å²) in [5, 5.41) is 1.32. The molecule has 0 radical (unpaired) electrons. The third-order valence-corrected chi connectivity index (χ3v) is 3.68. The molecule has 1 aliphatic heterocycles. The van der Waals surface area contributed by atoms with E-state index in [1.54, 1.807) is 5.94 Å². The van der Waals surface area contributed by atoms with E-state index < -0.39 is 23.6 Å². The summed E-state index contributed by atoms with van der Waals surface area (Å²) in [6, 6.07) is 8.13. The van der Waals surface area contributed by atoms with Gasteiger partial charge in [0.1, 0.15) is 12.5 Å². The second-order valence-electron chi connectivity index (χ2n) is 6.98. The summed E-state index contributed by atoms with van der Waals surface area (Å²) >= 11 is 0. The van der Waals surface area contributed by atoms with Crippen molar-refractivity contribution in [3.8, 4) is 0 Å². The van der Waals surface area contributed by atoms with E-state index in [-0.39, 0.29) is 18.7 Å². The molecule has 1 unspecified atom stereocenters. The summed E-state index contributed by atoms with van der Waals surface area (Å²) in [6.07, 6.45) is 1.19. The van der Waals surface area contributed by atoms with Crippen LogP contribution < -0.4 is 0 Å². The first-order chi connectivity index (χ1) is 12.7. The van der Waals surface area contributed by atoms with Gasteiger partial charge in [0.15, 0.2) is 6.04 Å². The summed E-state index contributed by atoms with van der Waals surface area (Å²) in [5.74, 6) is 0.452. The number of hydroxylamine groups is 2. The molecule has 27 heavy (non-hydrogen) atoms. The van der Waals surface area contributed by atoms with Gasteiger partial charge in [-0.15, -0.1) is 0 Å². The second-order valence-corrected chi connectivity index (χ2v) is 6.98. The highest BCUT2D eigenvalue weighted by Crippen LogP contribution is 2.30. The Kier molecular flexibility index (Phi) is 6.69. The van der Waals surface area contributed by atoms with Gasteiger partial charge in [-0.3, -0.25) is 4.84 Å². The number of carbonyl (C=O) groups excluding carboxylic acids is 3. The van der Waals surface area contributed by atoms with E-state index in [0.29, 0.717) is 5.57 Å². The van der Waals surface area contributed by atoms with Crippen molar-refractivity contribution in [1.82, 2.24) is 5.06 Å². The van der Waals surface area contributed by atoms with E-state index in [2.05, 4.69) is 0 Å². The fourth-order valence-electron chi connectivity index (χ4n) is 2.61. The lowest BCUT2D eigenvalue weighted by Crippen LogP contribution is -2.42. The van der Waals surface area contributed by atoms with Crippen molar-refractivity contribution in [2.45, 2.75) is 39.0 Å². The largest absolute Gasteiger partial charge is 0.468 e. The van der Waals surface area contributed by atoms with Crippen LogP contribution in [0.2, 0.25) is 0 Å². The average molecular weight is 373 g/mol. The van der Waals surface area contributed by atoms with Crippen LogP contribution in [0.4, 0.5) is 0 Å². The molecule has 144 valence electrons. The molecule has 2 rings (SSSR count). The molecule has 1 aromatic carbocycles. The Hall–Kier alpha value is -2.73. The Labute approximate surface area is 158 Å². The maximum Gasteiger partial charge on any atom is 0.331 e. The number of ether oxygens (including phenoxy) is 2. The van der Waals surface area contributed by atoms with Crippen LogP contribution in [0.1, 0.15) is 26.3 Å². The van der Waals surface area contributed by atoms with Crippen LogP contribution in [-0.2, 0) is 35.3 Å². The van der Waals surface area contributed by atoms with Crippen LogP contribution in [0.15, 0.2) is 47.6 Å². The van der Waals surface area contributed by atoms with Gasteiger partial charge in [-0.1, -0.05) is 30.3 Å². The summed E-state index contributed by atoms with van der Waals surface area (Å²) < 4.78 is 9.97. The number of hydrogen-bond acceptors (Lipinski definition) is 7. The van der Waals surface area contributed by atoms with Gasteiger partial charge in [0.05, 0.1) is 24.8 Å². The number of benzene rings is 1. The summed E-state index contributed by atoms with van der Waals surface area (Å²) in [7, 11) is 1.22. The Morgan fingerprint density at radius 2 is 1.93 bits per heavy atom. The number of nitrogens with zero attached hydrogens (tertiary/aromatic N) is 1. The summed E-state index contributed by atoms with van der Waals surface area (Å²) in [5.41, 5.74) is 0.543. The van der Waals surface area contributed by atoms with Gasteiger partial charge in [0.25, 0.3) is 0 Å². The minimum absolute atomic E-state index is 0.00256. The zero-order valence-corrected chi connectivity index (χ0v) is 15.9. The molecule has 1 aromatic rings. The molecule has 0 amide bonds. The molecule has 0 aliphatic carbocycles. The maximum absolute atomic E-state index is 12.2. The van der Waals surface area contributed by atoms with Crippen LogP contribution >= 0.6 is 0 Å². The Bertz CT molecular complexity index is 771. The second kappa shape index (κ2) is 8.77. The number of rotatable bonds is 5. The lowest BCUT2D eigenvalue weighted by molar-refractivity contribution is -0.234. The zero-order chi connectivity index (χ0) is 20.0. The molecule has 7 heteroatoms. The van der Waals surface area contributed by atoms with Gasteiger partial charge in [-0.25, -0.2) is 14.4 Å². The molecular formula is C20H23NO6. The number of esters is 2. The van der Waals surface area contributed by atoms with Crippen LogP contribution in [0.5, 0.6) is 0 Å².